The summed E-state index contributed by atoms with van der Waals surface area (Å²) < 4.78 is 0. The van der Waals surface area contributed by atoms with Gasteiger partial charge in [-0.2, -0.15) is 0 Å². The summed E-state index contributed by atoms with van der Waals surface area (Å²) in [5.41, 5.74) is 2.14. The van der Waals surface area contributed by atoms with Crippen LogP contribution in [0.1, 0.15) is 27.0 Å². The smallest absolute Gasteiger partial charge is 0.336 e. The third kappa shape index (κ3) is 1.49. The molecule has 13 heavy (non-hydrogen) atoms. The molecule has 0 spiro atoms. The minimum Gasteiger partial charge on any atom is -0.508 e. The molecule has 0 fully saturated rings. The molecule has 2 N–H and O–H groups in total. The first-order chi connectivity index (χ1) is 5.95. The highest BCUT2D eigenvalue weighted by molar-refractivity contribution is 5.91. The maximum atomic E-state index is 10.8. The Bertz CT molecular complexity index is 367. The molecule has 0 radical (unpaired) electrons. The lowest BCUT2D eigenvalue weighted by Gasteiger charge is -2.09. The summed E-state index contributed by atoms with van der Waals surface area (Å²) in [6, 6.07) is 1.48. The van der Waals surface area contributed by atoms with Crippen molar-refractivity contribution in [3.63, 3.8) is 0 Å². The Kier molecular flexibility index (Phi) is 2.28. The van der Waals surface area contributed by atoms with Gasteiger partial charge in [-0.25, -0.2) is 4.79 Å². The SMILES string of the molecule is Cc1cc(O)c(C)c(C)c1C(=O)O. The molecule has 0 heterocycles. The molecule has 70 valence electrons. The van der Waals surface area contributed by atoms with E-state index in [0.29, 0.717) is 16.7 Å². The van der Waals surface area contributed by atoms with Gasteiger partial charge in [-0.1, -0.05) is 0 Å². The van der Waals surface area contributed by atoms with Crippen LogP contribution in [0.4, 0.5) is 0 Å². The highest BCUT2D eigenvalue weighted by Crippen LogP contribution is 2.26. The van der Waals surface area contributed by atoms with E-state index in [0.717, 1.165) is 0 Å². The average Bonchev–Trinajstić information content (AvgIpc) is 1.99. The molecular weight excluding hydrogens is 168 g/mol. The van der Waals surface area contributed by atoms with Crippen LogP contribution in [0.25, 0.3) is 0 Å². The lowest BCUT2D eigenvalue weighted by Crippen LogP contribution is -2.04. The fraction of sp³-hybridized carbons (Fsp3) is 0.300. The maximum absolute atomic E-state index is 10.8. The Morgan fingerprint density at radius 1 is 1.23 bits per heavy atom. The Morgan fingerprint density at radius 3 is 2.23 bits per heavy atom. The Labute approximate surface area is 76.6 Å². The van der Waals surface area contributed by atoms with Crippen LogP contribution >= 0.6 is 0 Å². The van der Waals surface area contributed by atoms with Crippen molar-refractivity contribution in [1.82, 2.24) is 0 Å². The summed E-state index contributed by atoms with van der Waals surface area (Å²) in [7, 11) is 0. The Balaban J connectivity index is 3.53. The highest BCUT2D eigenvalue weighted by atomic mass is 16.4. The summed E-state index contributed by atoms with van der Waals surface area (Å²) in [5.74, 6) is -0.793. The second kappa shape index (κ2) is 3.09. The molecule has 0 unspecified atom stereocenters. The third-order valence-electron chi connectivity index (χ3n) is 2.28. The summed E-state index contributed by atoms with van der Waals surface area (Å²) in [4.78, 5) is 10.8. The first-order valence-electron chi connectivity index (χ1n) is 3.98. The zero-order valence-corrected chi connectivity index (χ0v) is 7.88. The predicted octanol–water partition coefficient (Wildman–Crippen LogP) is 2.02. The number of aromatic hydroxyl groups is 1. The van der Waals surface area contributed by atoms with Crippen molar-refractivity contribution in [2.75, 3.05) is 0 Å². The van der Waals surface area contributed by atoms with Crippen molar-refractivity contribution in [2.24, 2.45) is 0 Å². The van der Waals surface area contributed by atoms with Crippen LogP contribution in [-0.4, -0.2) is 16.2 Å². The monoisotopic (exact) mass is 180 g/mol. The topological polar surface area (TPSA) is 57.5 Å². The van der Waals surface area contributed by atoms with Gasteiger partial charge in [0.05, 0.1) is 5.56 Å². The van der Waals surface area contributed by atoms with Crippen LogP contribution in [0, 0.1) is 20.8 Å². The zero-order chi connectivity index (χ0) is 10.2. The summed E-state index contributed by atoms with van der Waals surface area (Å²) in [6.07, 6.45) is 0. The van der Waals surface area contributed by atoms with Crippen molar-refractivity contribution in [3.8, 4) is 5.75 Å². The van der Waals surface area contributed by atoms with Gasteiger partial charge in [0, 0.05) is 0 Å². The van der Waals surface area contributed by atoms with E-state index in [4.69, 9.17) is 5.11 Å². The highest BCUT2D eigenvalue weighted by Gasteiger charge is 2.14. The maximum Gasteiger partial charge on any atom is 0.336 e. The summed E-state index contributed by atoms with van der Waals surface area (Å²) in [5, 5.41) is 18.3. The van der Waals surface area contributed by atoms with E-state index >= 15 is 0 Å². The molecule has 1 aromatic carbocycles. The Hall–Kier alpha value is -1.51. The second-order valence-electron chi connectivity index (χ2n) is 3.14. The standard InChI is InChI=1S/C10H12O3/c1-5-4-8(11)6(2)7(3)9(5)10(12)13/h4,11H,1-3H3,(H,12,13). The van der Waals surface area contributed by atoms with Crippen LogP contribution in [-0.2, 0) is 0 Å². The second-order valence-corrected chi connectivity index (χ2v) is 3.14. The van der Waals surface area contributed by atoms with E-state index < -0.39 is 5.97 Å². The van der Waals surface area contributed by atoms with E-state index in [-0.39, 0.29) is 11.3 Å². The van der Waals surface area contributed by atoms with Crippen molar-refractivity contribution in [3.05, 3.63) is 28.3 Å². The van der Waals surface area contributed by atoms with E-state index in [1.54, 1.807) is 20.8 Å². The van der Waals surface area contributed by atoms with Gasteiger partial charge < -0.3 is 10.2 Å². The molecule has 0 bridgehead atoms. The number of carboxylic acid groups (broad SMARTS) is 1. The number of hydrogen-bond acceptors (Lipinski definition) is 2. The number of aryl methyl sites for hydroxylation is 1. The van der Waals surface area contributed by atoms with E-state index in [1.807, 2.05) is 0 Å². The number of aromatic carboxylic acids is 1. The van der Waals surface area contributed by atoms with Gasteiger partial charge in [0.2, 0.25) is 0 Å². The number of benzene rings is 1. The third-order valence-corrected chi connectivity index (χ3v) is 2.28. The normalized spacial score (nSPS) is 10.1. The fourth-order valence-electron chi connectivity index (χ4n) is 1.39. The van der Waals surface area contributed by atoms with Gasteiger partial charge >= 0.3 is 5.97 Å². The van der Waals surface area contributed by atoms with Gasteiger partial charge in [0.1, 0.15) is 5.75 Å². The number of rotatable bonds is 1. The Morgan fingerprint density at radius 2 is 1.77 bits per heavy atom. The van der Waals surface area contributed by atoms with Crippen LogP contribution < -0.4 is 0 Å². The van der Waals surface area contributed by atoms with Crippen molar-refractivity contribution >= 4 is 5.97 Å². The lowest BCUT2D eigenvalue weighted by molar-refractivity contribution is 0.0695. The van der Waals surface area contributed by atoms with E-state index in [1.165, 1.54) is 6.07 Å². The molecule has 0 amide bonds. The van der Waals surface area contributed by atoms with Crippen LogP contribution in [0.2, 0.25) is 0 Å². The number of carboxylic acids is 1. The molecule has 3 nitrogen and oxygen atoms in total. The first kappa shape index (κ1) is 9.58. The van der Waals surface area contributed by atoms with Gasteiger partial charge in [-0.05, 0) is 43.5 Å². The molecule has 0 aliphatic rings. The molecule has 1 aromatic rings. The van der Waals surface area contributed by atoms with Crippen molar-refractivity contribution in [2.45, 2.75) is 20.8 Å². The minimum absolute atomic E-state index is 0.153. The number of carbonyl (C=O) groups is 1. The predicted molar refractivity (Wildman–Crippen MR) is 49.3 cm³/mol. The van der Waals surface area contributed by atoms with Gasteiger partial charge in [0.25, 0.3) is 0 Å². The number of hydrogen-bond donors (Lipinski definition) is 2. The van der Waals surface area contributed by atoms with Crippen LogP contribution in [0.5, 0.6) is 5.75 Å². The lowest BCUT2D eigenvalue weighted by atomic mass is 9.98. The molecule has 3 heteroatoms. The van der Waals surface area contributed by atoms with E-state index in [2.05, 4.69) is 0 Å². The van der Waals surface area contributed by atoms with Crippen molar-refractivity contribution < 1.29 is 15.0 Å². The number of phenolic OH excluding ortho intramolecular Hbond substituents is 1. The molecule has 0 saturated heterocycles. The molecule has 1 rings (SSSR count). The van der Waals surface area contributed by atoms with Crippen LogP contribution in [0.15, 0.2) is 6.07 Å². The number of phenols is 1. The molecule has 0 saturated carbocycles. The fourth-order valence-corrected chi connectivity index (χ4v) is 1.39. The van der Waals surface area contributed by atoms with Crippen molar-refractivity contribution in [1.29, 1.82) is 0 Å². The van der Waals surface area contributed by atoms with Gasteiger partial charge in [0.15, 0.2) is 0 Å². The van der Waals surface area contributed by atoms with E-state index in [9.17, 15) is 9.90 Å². The zero-order valence-electron chi connectivity index (χ0n) is 7.88. The molecule has 0 atom stereocenters. The quantitative estimate of drug-likeness (QED) is 0.695. The summed E-state index contributed by atoms with van der Waals surface area (Å²) in [6.45, 7) is 5.08. The average molecular weight is 180 g/mol. The largest absolute Gasteiger partial charge is 0.508 e. The van der Waals surface area contributed by atoms with Gasteiger partial charge in [-0.3, -0.25) is 0 Å². The minimum atomic E-state index is -0.946. The van der Waals surface area contributed by atoms with Gasteiger partial charge in [-0.15, -0.1) is 0 Å². The molecule has 0 aromatic heterocycles. The first-order valence-corrected chi connectivity index (χ1v) is 3.98. The molecule has 0 aliphatic heterocycles. The summed E-state index contributed by atoms with van der Waals surface area (Å²) >= 11 is 0. The molecular formula is C10H12O3. The molecule has 0 aliphatic carbocycles. The van der Waals surface area contributed by atoms with Crippen LogP contribution in [0.3, 0.4) is 0 Å².